The molecule has 1 amide bonds. The summed E-state index contributed by atoms with van der Waals surface area (Å²) in [5.41, 5.74) is 2.93. The lowest BCUT2D eigenvalue weighted by molar-refractivity contribution is -0.119. The largest absolute Gasteiger partial charge is 0.503 e. The van der Waals surface area contributed by atoms with E-state index in [1.807, 2.05) is 0 Å². The number of halogens is 3. The summed E-state index contributed by atoms with van der Waals surface area (Å²) in [7, 11) is -2.73. The van der Waals surface area contributed by atoms with Crippen molar-refractivity contribution >= 4 is 67.0 Å². The summed E-state index contributed by atoms with van der Waals surface area (Å²) >= 11 is 15.3. The molecule has 12 heteroatoms. The molecule has 0 saturated heterocycles. The summed E-state index contributed by atoms with van der Waals surface area (Å²) < 4.78 is 32.9. The van der Waals surface area contributed by atoms with Gasteiger partial charge in [0.2, 0.25) is 0 Å². The Hall–Kier alpha value is -2.79. The molecule has 3 aromatic carbocycles. The van der Waals surface area contributed by atoms with E-state index in [0.29, 0.717) is 10.0 Å². The van der Waals surface area contributed by atoms with E-state index in [9.17, 15) is 18.3 Å². The van der Waals surface area contributed by atoms with Crippen LogP contribution in [-0.2, 0) is 14.8 Å². The van der Waals surface area contributed by atoms with Gasteiger partial charge in [0.25, 0.3) is 15.9 Å². The second kappa shape index (κ2) is 11.1. The van der Waals surface area contributed by atoms with Crippen molar-refractivity contribution in [1.29, 1.82) is 0 Å². The summed E-state index contributed by atoms with van der Waals surface area (Å²) in [6.45, 7) is -0.589. The van der Waals surface area contributed by atoms with Gasteiger partial charge in [-0.25, -0.2) is 13.8 Å². The maximum atomic E-state index is 13.3. The van der Waals surface area contributed by atoms with E-state index < -0.39 is 22.5 Å². The Morgan fingerprint density at radius 2 is 1.79 bits per heavy atom. The van der Waals surface area contributed by atoms with Crippen LogP contribution in [0.2, 0.25) is 10.0 Å². The molecule has 0 spiro atoms. The molecule has 0 saturated carbocycles. The fourth-order valence-corrected chi connectivity index (χ4v) is 5.29. The number of nitrogens with zero attached hydrogens (tertiary/aromatic N) is 2. The number of carbonyl (C=O) groups is 1. The van der Waals surface area contributed by atoms with E-state index >= 15 is 0 Å². The second-order valence-electron chi connectivity index (χ2n) is 6.80. The van der Waals surface area contributed by atoms with Crippen molar-refractivity contribution in [2.24, 2.45) is 5.10 Å². The van der Waals surface area contributed by atoms with Gasteiger partial charge in [-0.3, -0.25) is 9.10 Å². The molecule has 0 fully saturated rings. The highest BCUT2D eigenvalue weighted by Gasteiger charge is 2.27. The number of aromatic hydroxyl groups is 1. The first kappa shape index (κ1) is 25.8. The van der Waals surface area contributed by atoms with Crippen molar-refractivity contribution in [2.45, 2.75) is 4.90 Å². The fraction of sp³-hybridized carbons (Fsp3) is 0.0909. The predicted molar refractivity (Wildman–Crippen MR) is 136 cm³/mol. The van der Waals surface area contributed by atoms with E-state index in [-0.39, 0.29) is 32.1 Å². The van der Waals surface area contributed by atoms with Crippen LogP contribution in [0.25, 0.3) is 0 Å². The molecule has 0 atom stereocenters. The van der Waals surface area contributed by atoms with Crippen LogP contribution in [-0.4, -0.2) is 39.3 Å². The van der Waals surface area contributed by atoms with Gasteiger partial charge in [0.05, 0.1) is 28.4 Å². The van der Waals surface area contributed by atoms with Crippen molar-refractivity contribution in [3.05, 3.63) is 80.7 Å². The average molecular weight is 587 g/mol. The smallest absolute Gasteiger partial charge is 0.264 e. The molecule has 0 bridgehead atoms. The van der Waals surface area contributed by atoms with Crippen LogP contribution in [0.15, 0.2) is 75.1 Å². The van der Waals surface area contributed by atoms with Crippen LogP contribution in [0.1, 0.15) is 5.56 Å². The molecule has 34 heavy (non-hydrogen) atoms. The number of methoxy groups -OCH3 is 1. The number of phenolic OH excluding ortho intramolecular Hbond substituents is 1. The van der Waals surface area contributed by atoms with Crippen molar-refractivity contribution in [3.63, 3.8) is 0 Å². The van der Waals surface area contributed by atoms with Crippen molar-refractivity contribution in [1.82, 2.24) is 5.43 Å². The van der Waals surface area contributed by atoms with Crippen LogP contribution >= 0.6 is 39.1 Å². The minimum atomic E-state index is -4.13. The zero-order chi connectivity index (χ0) is 24.9. The number of phenols is 1. The Morgan fingerprint density at radius 3 is 2.41 bits per heavy atom. The molecule has 3 rings (SSSR count). The molecule has 0 unspecified atom stereocenters. The van der Waals surface area contributed by atoms with E-state index in [1.165, 1.54) is 49.7 Å². The number of rotatable bonds is 8. The van der Waals surface area contributed by atoms with Gasteiger partial charge in [0.1, 0.15) is 6.54 Å². The topological polar surface area (TPSA) is 108 Å². The Balaban J connectivity index is 1.86. The monoisotopic (exact) mass is 585 g/mol. The van der Waals surface area contributed by atoms with Crippen molar-refractivity contribution in [2.75, 3.05) is 18.0 Å². The first-order chi connectivity index (χ1) is 16.1. The maximum absolute atomic E-state index is 13.3. The summed E-state index contributed by atoms with van der Waals surface area (Å²) in [5, 5.41) is 14.2. The zero-order valence-electron chi connectivity index (χ0n) is 17.6. The Morgan fingerprint density at radius 1 is 1.15 bits per heavy atom. The standard InChI is InChI=1S/C22H18BrCl2N3O5S/c1-33-20-8-14(7-19(23)22(20)30)12-26-27-21(29)13-28(17-10-15(24)9-16(25)11-17)34(31,32)18-5-3-2-4-6-18/h2-12,30H,13H2,1H3,(H,27,29)/b26-12-. The number of hydrazone groups is 1. The number of ether oxygens (including phenoxy) is 1. The number of hydrogen-bond acceptors (Lipinski definition) is 6. The number of carbonyl (C=O) groups excluding carboxylic acids is 1. The molecule has 178 valence electrons. The van der Waals surface area contributed by atoms with E-state index in [0.717, 1.165) is 4.31 Å². The van der Waals surface area contributed by atoms with Crippen LogP contribution < -0.4 is 14.5 Å². The molecule has 0 aliphatic carbocycles. The van der Waals surface area contributed by atoms with Crippen molar-refractivity contribution < 1.29 is 23.1 Å². The molecule has 0 aliphatic heterocycles. The number of amides is 1. The summed E-state index contributed by atoms with van der Waals surface area (Å²) in [5.74, 6) is -0.581. The number of anilines is 1. The van der Waals surface area contributed by atoms with Gasteiger partial charge in [-0.15, -0.1) is 0 Å². The summed E-state index contributed by atoms with van der Waals surface area (Å²) in [6.07, 6.45) is 1.32. The third-order valence-corrected chi connectivity index (χ3v) is 7.26. The van der Waals surface area contributed by atoms with Gasteiger partial charge in [0.15, 0.2) is 11.5 Å². The summed E-state index contributed by atoms with van der Waals surface area (Å²) in [4.78, 5) is 12.6. The lowest BCUT2D eigenvalue weighted by Gasteiger charge is -2.24. The lowest BCUT2D eigenvalue weighted by Crippen LogP contribution is -2.39. The van der Waals surface area contributed by atoms with Gasteiger partial charge in [-0.2, -0.15) is 5.10 Å². The third kappa shape index (κ3) is 6.20. The quantitative estimate of drug-likeness (QED) is 0.291. The predicted octanol–water partition coefficient (Wildman–Crippen LogP) is 4.82. The van der Waals surface area contributed by atoms with Crippen LogP contribution in [0.3, 0.4) is 0 Å². The number of hydrogen-bond donors (Lipinski definition) is 2. The van der Waals surface area contributed by atoms with Crippen molar-refractivity contribution in [3.8, 4) is 11.5 Å². The fourth-order valence-electron chi connectivity index (χ4n) is 2.89. The molecule has 2 N–H and O–H groups in total. The Kier molecular flexibility index (Phi) is 8.42. The minimum absolute atomic E-state index is 0.0107. The first-order valence-corrected chi connectivity index (χ1v) is 12.5. The molecule has 0 aromatic heterocycles. The molecule has 0 aliphatic rings. The highest BCUT2D eigenvalue weighted by molar-refractivity contribution is 9.10. The first-order valence-electron chi connectivity index (χ1n) is 9.54. The van der Waals surface area contributed by atoms with Crippen LogP contribution in [0, 0.1) is 0 Å². The normalized spacial score (nSPS) is 11.4. The van der Waals surface area contributed by atoms with Gasteiger partial charge in [-0.1, -0.05) is 41.4 Å². The van der Waals surface area contributed by atoms with E-state index in [2.05, 4.69) is 26.5 Å². The van der Waals surface area contributed by atoms with Gasteiger partial charge in [0, 0.05) is 10.0 Å². The SMILES string of the molecule is COc1cc(/C=N\NC(=O)CN(c2cc(Cl)cc(Cl)c2)S(=O)(=O)c2ccccc2)cc(Br)c1O. The molecular weight excluding hydrogens is 569 g/mol. The van der Waals surface area contributed by atoms with Gasteiger partial charge in [-0.05, 0) is 64.0 Å². The third-order valence-electron chi connectivity index (χ3n) is 4.43. The number of sulfonamides is 1. The van der Waals surface area contributed by atoms with Gasteiger partial charge < -0.3 is 9.84 Å². The highest BCUT2D eigenvalue weighted by Crippen LogP contribution is 2.34. The molecule has 3 aromatic rings. The number of nitrogens with one attached hydrogen (secondary N) is 1. The minimum Gasteiger partial charge on any atom is -0.503 e. The maximum Gasteiger partial charge on any atom is 0.264 e. The van der Waals surface area contributed by atoms with Crippen LogP contribution in [0.4, 0.5) is 5.69 Å². The lowest BCUT2D eigenvalue weighted by atomic mass is 10.2. The second-order valence-corrected chi connectivity index (χ2v) is 10.4. The average Bonchev–Trinajstić information content (AvgIpc) is 2.79. The number of benzene rings is 3. The Labute approximate surface area is 214 Å². The highest BCUT2D eigenvalue weighted by atomic mass is 79.9. The van der Waals surface area contributed by atoms with E-state index in [4.69, 9.17) is 27.9 Å². The van der Waals surface area contributed by atoms with E-state index in [1.54, 1.807) is 24.3 Å². The zero-order valence-corrected chi connectivity index (χ0v) is 21.5. The van der Waals surface area contributed by atoms with Crippen LogP contribution in [0.5, 0.6) is 11.5 Å². The molecule has 8 nitrogen and oxygen atoms in total. The Bertz CT molecular complexity index is 1320. The molecular formula is C22H18BrCl2N3O5S. The summed E-state index contributed by atoms with van der Waals surface area (Å²) in [6, 6.07) is 15.0. The molecule has 0 radical (unpaired) electrons. The molecule has 0 heterocycles. The van der Waals surface area contributed by atoms with Gasteiger partial charge >= 0.3 is 0 Å².